The van der Waals surface area contributed by atoms with Crippen molar-refractivity contribution in [1.29, 1.82) is 0 Å². The molecule has 0 aliphatic carbocycles. The first kappa shape index (κ1) is 15.4. The number of carbonyl (C=O) groups excluding carboxylic acids is 1. The molecule has 0 radical (unpaired) electrons. The van der Waals surface area contributed by atoms with Gasteiger partial charge in [0.15, 0.2) is 0 Å². The molecule has 0 bridgehead atoms. The SMILES string of the molecule is CC(C)(N)C(C)(C)C(=O)N1CCN(CCO)CC1. The molecule has 106 valence electrons. The molecule has 1 heterocycles. The van der Waals surface area contributed by atoms with Crippen molar-refractivity contribution in [2.45, 2.75) is 33.2 Å². The molecule has 1 amide bonds. The number of aliphatic hydroxyl groups is 1. The summed E-state index contributed by atoms with van der Waals surface area (Å²) in [6.45, 7) is 11.6. The van der Waals surface area contributed by atoms with Crippen LogP contribution in [0.25, 0.3) is 0 Å². The number of amides is 1. The van der Waals surface area contributed by atoms with Gasteiger partial charge in [0.2, 0.25) is 5.91 Å². The summed E-state index contributed by atoms with van der Waals surface area (Å²) >= 11 is 0. The van der Waals surface area contributed by atoms with Gasteiger partial charge in [-0.25, -0.2) is 0 Å². The van der Waals surface area contributed by atoms with Gasteiger partial charge in [-0.1, -0.05) is 0 Å². The molecule has 0 saturated carbocycles. The van der Waals surface area contributed by atoms with Crippen LogP contribution in [0.1, 0.15) is 27.7 Å². The van der Waals surface area contributed by atoms with Crippen molar-refractivity contribution in [2.24, 2.45) is 11.1 Å². The van der Waals surface area contributed by atoms with Crippen molar-refractivity contribution in [2.75, 3.05) is 39.3 Å². The Morgan fingerprint density at radius 2 is 1.67 bits per heavy atom. The summed E-state index contributed by atoms with van der Waals surface area (Å²) in [6.07, 6.45) is 0. The van der Waals surface area contributed by atoms with E-state index in [1.165, 1.54) is 0 Å². The van der Waals surface area contributed by atoms with Gasteiger partial charge in [0, 0.05) is 38.3 Å². The molecule has 3 N–H and O–H groups in total. The molecule has 5 nitrogen and oxygen atoms in total. The summed E-state index contributed by atoms with van der Waals surface area (Å²) in [5.74, 6) is 0.124. The van der Waals surface area contributed by atoms with Gasteiger partial charge < -0.3 is 15.7 Å². The lowest BCUT2D eigenvalue weighted by Crippen LogP contribution is -2.59. The highest BCUT2D eigenvalue weighted by Gasteiger charge is 2.43. The van der Waals surface area contributed by atoms with Crippen LogP contribution in [0.2, 0.25) is 0 Å². The van der Waals surface area contributed by atoms with E-state index in [2.05, 4.69) is 4.90 Å². The van der Waals surface area contributed by atoms with E-state index in [0.29, 0.717) is 6.54 Å². The number of hydrogen-bond acceptors (Lipinski definition) is 4. The highest BCUT2D eigenvalue weighted by Crippen LogP contribution is 2.30. The second kappa shape index (κ2) is 5.55. The lowest BCUT2D eigenvalue weighted by Gasteiger charge is -2.43. The highest BCUT2D eigenvalue weighted by molar-refractivity contribution is 5.83. The second-order valence-corrected chi connectivity index (χ2v) is 6.20. The maximum Gasteiger partial charge on any atom is 0.230 e. The van der Waals surface area contributed by atoms with E-state index < -0.39 is 11.0 Å². The van der Waals surface area contributed by atoms with Gasteiger partial charge in [0.25, 0.3) is 0 Å². The molecule has 1 saturated heterocycles. The molecule has 0 aromatic rings. The van der Waals surface area contributed by atoms with Gasteiger partial charge in [-0.2, -0.15) is 0 Å². The Labute approximate surface area is 110 Å². The number of hydrogen-bond donors (Lipinski definition) is 2. The lowest BCUT2D eigenvalue weighted by atomic mass is 9.74. The van der Waals surface area contributed by atoms with E-state index in [9.17, 15) is 4.79 Å². The number of nitrogens with zero attached hydrogens (tertiary/aromatic N) is 2. The lowest BCUT2D eigenvalue weighted by molar-refractivity contribution is -0.145. The summed E-state index contributed by atoms with van der Waals surface area (Å²) in [7, 11) is 0. The van der Waals surface area contributed by atoms with Crippen LogP contribution in [0.4, 0.5) is 0 Å². The van der Waals surface area contributed by atoms with Gasteiger partial charge >= 0.3 is 0 Å². The fourth-order valence-corrected chi connectivity index (χ4v) is 1.99. The van der Waals surface area contributed by atoms with Crippen LogP contribution < -0.4 is 5.73 Å². The first-order valence-corrected chi connectivity index (χ1v) is 6.61. The molecule has 1 aliphatic heterocycles. The van der Waals surface area contributed by atoms with Crippen molar-refractivity contribution in [3.63, 3.8) is 0 Å². The average molecular weight is 257 g/mol. The zero-order valence-electron chi connectivity index (χ0n) is 12.1. The van der Waals surface area contributed by atoms with E-state index in [4.69, 9.17) is 10.8 Å². The van der Waals surface area contributed by atoms with E-state index in [0.717, 1.165) is 26.2 Å². The number of nitrogens with two attached hydrogens (primary N) is 1. The summed E-state index contributed by atoms with van der Waals surface area (Å²) in [5, 5.41) is 8.89. The summed E-state index contributed by atoms with van der Waals surface area (Å²) < 4.78 is 0. The second-order valence-electron chi connectivity index (χ2n) is 6.20. The Bertz CT molecular complexity index is 289. The molecule has 0 atom stereocenters. The fourth-order valence-electron chi connectivity index (χ4n) is 1.99. The molecule has 1 fully saturated rings. The number of rotatable bonds is 4. The largest absolute Gasteiger partial charge is 0.395 e. The summed E-state index contributed by atoms with van der Waals surface area (Å²) in [5.41, 5.74) is 5.01. The maximum atomic E-state index is 12.5. The third kappa shape index (κ3) is 3.22. The predicted molar refractivity (Wildman–Crippen MR) is 72.2 cm³/mol. The zero-order valence-corrected chi connectivity index (χ0v) is 12.1. The predicted octanol–water partition coefficient (Wildman–Crippen LogP) is -0.114. The van der Waals surface area contributed by atoms with Crippen LogP contribution in [0.3, 0.4) is 0 Å². The highest BCUT2D eigenvalue weighted by atomic mass is 16.3. The van der Waals surface area contributed by atoms with E-state index >= 15 is 0 Å². The molecule has 0 aromatic heterocycles. The minimum absolute atomic E-state index is 0.124. The van der Waals surface area contributed by atoms with Gasteiger partial charge in [0.1, 0.15) is 0 Å². The molecular formula is C13H27N3O2. The van der Waals surface area contributed by atoms with E-state index in [1.807, 2.05) is 32.6 Å². The third-order valence-corrected chi connectivity index (χ3v) is 4.22. The smallest absolute Gasteiger partial charge is 0.230 e. The molecule has 0 unspecified atom stereocenters. The number of β-amino-alcohol motifs (C(OH)–C–C–N with tert-alkyl or cyclic N) is 1. The van der Waals surface area contributed by atoms with Crippen molar-refractivity contribution >= 4 is 5.91 Å². The standard InChI is InChI=1S/C13H27N3O2/c1-12(2,13(3,4)14)11(18)16-7-5-15(6-8-16)9-10-17/h17H,5-10,14H2,1-4H3. The molecule has 5 heteroatoms. The van der Waals surface area contributed by atoms with Crippen molar-refractivity contribution in [3.8, 4) is 0 Å². The van der Waals surface area contributed by atoms with Crippen LogP contribution in [-0.4, -0.2) is 65.7 Å². The number of carbonyl (C=O) groups is 1. The Hall–Kier alpha value is -0.650. The average Bonchev–Trinajstić information content (AvgIpc) is 2.28. The van der Waals surface area contributed by atoms with Crippen LogP contribution in [-0.2, 0) is 4.79 Å². The zero-order chi connectivity index (χ0) is 14.0. The first-order valence-electron chi connectivity index (χ1n) is 6.61. The quantitative estimate of drug-likeness (QED) is 0.737. The first-order chi connectivity index (χ1) is 8.20. The van der Waals surface area contributed by atoms with Gasteiger partial charge in [-0.15, -0.1) is 0 Å². The third-order valence-electron chi connectivity index (χ3n) is 4.22. The van der Waals surface area contributed by atoms with Crippen LogP contribution in [0, 0.1) is 5.41 Å². The van der Waals surface area contributed by atoms with Crippen molar-refractivity contribution < 1.29 is 9.90 Å². The minimum Gasteiger partial charge on any atom is -0.395 e. The Balaban J connectivity index is 2.60. The Morgan fingerprint density at radius 1 is 1.17 bits per heavy atom. The molecule has 1 rings (SSSR count). The maximum absolute atomic E-state index is 12.5. The molecule has 18 heavy (non-hydrogen) atoms. The summed E-state index contributed by atoms with van der Waals surface area (Å²) in [4.78, 5) is 16.6. The fraction of sp³-hybridized carbons (Fsp3) is 0.923. The molecule has 0 aromatic carbocycles. The topological polar surface area (TPSA) is 69.8 Å². The van der Waals surface area contributed by atoms with Crippen LogP contribution >= 0.6 is 0 Å². The minimum atomic E-state index is -0.563. The Morgan fingerprint density at radius 3 is 2.06 bits per heavy atom. The Kier molecular flexibility index (Phi) is 4.75. The monoisotopic (exact) mass is 257 g/mol. The van der Waals surface area contributed by atoms with Gasteiger partial charge in [-0.3, -0.25) is 9.69 Å². The van der Waals surface area contributed by atoms with Gasteiger partial charge in [0.05, 0.1) is 12.0 Å². The van der Waals surface area contributed by atoms with Crippen LogP contribution in [0.15, 0.2) is 0 Å². The molecular weight excluding hydrogens is 230 g/mol. The van der Waals surface area contributed by atoms with Crippen molar-refractivity contribution in [3.05, 3.63) is 0 Å². The van der Waals surface area contributed by atoms with E-state index in [-0.39, 0.29) is 12.5 Å². The molecule has 0 spiro atoms. The number of piperazine rings is 1. The molecule has 1 aliphatic rings. The van der Waals surface area contributed by atoms with Crippen molar-refractivity contribution in [1.82, 2.24) is 9.80 Å². The van der Waals surface area contributed by atoms with E-state index in [1.54, 1.807) is 0 Å². The number of aliphatic hydroxyl groups excluding tert-OH is 1. The summed E-state index contributed by atoms with van der Waals surface area (Å²) in [6, 6.07) is 0. The normalized spacial score (nSPS) is 19.1. The van der Waals surface area contributed by atoms with Gasteiger partial charge in [-0.05, 0) is 27.7 Å². The van der Waals surface area contributed by atoms with Crippen LogP contribution in [0.5, 0.6) is 0 Å².